The molecule has 1 unspecified atom stereocenters. The van der Waals surface area contributed by atoms with Crippen molar-refractivity contribution in [3.05, 3.63) is 23.8 Å². The van der Waals surface area contributed by atoms with Gasteiger partial charge in [0, 0.05) is 6.42 Å². The molecule has 0 radical (unpaired) electrons. The largest absolute Gasteiger partial charge is 0.465 e. The highest BCUT2D eigenvalue weighted by molar-refractivity contribution is 6.05. The fraction of sp³-hybridized carbons (Fsp3) is 0.667. The van der Waals surface area contributed by atoms with Crippen LogP contribution in [0.4, 0.5) is 0 Å². The molecule has 0 aromatic carbocycles. The number of ether oxygens (including phenoxy) is 1. The molecule has 0 heterocycles. The molecule has 0 aliphatic heterocycles. The highest BCUT2D eigenvalue weighted by atomic mass is 16.5. The van der Waals surface area contributed by atoms with E-state index in [0.717, 1.165) is 31.3 Å². The molecule has 1 aliphatic rings. The van der Waals surface area contributed by atoms with E-state index in [1.54, 1.807) is 6.92 Å². The molecule has 3 nitrogen and oxygen atoms in total. The lowest BCUT2D eigenvalue weighted by molar-refractivity contribution is -0.158. The van der Waals surface area contributed by atoms with Gasteiger partial charge in [-0.2, -0.15) is 0 Å². The summed E-state index contributed by atoms with van der Waals surface area (Å²) in [5.41, 5.74) is 1.39. The third-order valence-corrected chi connectivity index (χ3v) is 4.09. The predicted molar refractivity (Wildman–Crippen MR) is 85.0 cm³/mol. The quantitative estimate of drug-likeness (QED) is 0.289. The van der Waals surface area contributed by atoms with Crippen molar-refractivity contribution in [2.45, 2.75) is 65.7 Å². The van der Waals surface area contributed by atoms with E-state index in [2.05, 4.69) is 12.7 Å². The van der Waals surface area contributed by atoms with E-state index in [1.165, 1.54) is 5.57 Å². The van der Waals surface area contributed by atoms with Gasteiger partial charge in [0.1, 0.15) is 5.41 Å². The maximum Gasteiger partial charge on any atom is 0.319 e. The van der Waals surface area contributed by atoms with Gasteiger partial charge >= 0.3 is 5.97 Å². The average Bonchev–Trinajstić information content (AvgIpc) is 2.77. The lowest BCUT2D eigenvalue weighted by Gasteiger charge is -2.25. The van der Waals surface area contributed by atoms with Crippen molar-refractivity contribution >= 4 is 11.8 Å². The molecule has 1 fully saturated rings. The zero-order chi connectivity index (χ0) is 15.9. The van der Waals surface area contributed by atoms with Crippen LogP contribution in [0.15, 0.2) is 23.8 Å². The van der Waals surface area contributed by atoms with Crippen LogP contribution in [-0.2, 0) is 14.3 Å². The van der Waals surface area contributed by atoms with Crippen LogP contribution in [0.1, 0.15) is 65.7 Å². The van der Waals surface area contributed by atoms with Gasteiger partial charge in [-0.1, -0.05) is 17.2 Å². The molecule has 0 spiro atoms. The van der Waals surface area contributed by atoms with E-state index in [-0.39, 0.29) is 11.8 Å². The maximum absolute atomic E-state index is 12.3. The van der Waals surface area contributed by atoms with Crippen molar-refractivity contribution in [2.75, 3.05) is 6.61 Å². The van der Waals surface area contributed by atoms with Crippen LogP contribution in [-0.4, -0.2) is 18.4 Å². The first-order valence-corrected chi connectivity index (χ1v) is 7.93. The Kier molecular flexibility index (Phi) is 6.86. The summed E-state index contributed by atoms with van der Waals surface area (Å²) < 4.78 is 5.16. The van der Waals surface area contributed by atoms with Gasteiger partial charge in [0.2, 0.25) is 0 Å². The fourth-order valence-electron chi connectivity index (χ4n) is 2.97. The Bertz CT molecular complexity index is 434. The van der Waals surface area contributed by atoms with Gasteiger partial charge in [-0.15, -0.1) is 6.58 Å². The van der Waals surface area contributed by atoms with Gasteiger partial charge in [0.05, 0.1) is 6.61 Å². The van der Waals surface area contributed by atoms with Crippen LogP contribution in [0.5, 0.6) is 0 Å². The van der Waals surface area contributed by atoms with Crippen LogP contribution >= 0.6 is 0 Å². The highest BCUT2D eigenvalue weighted by Gasteiger charge is 2.49. The van der Waals surface area contributed by atoms with Crippen molar-refractivity contribution in [2.24, 2.45) is 5.41 Å². The Hall–Kier alpha value is -1.38. The molecule has 1 aliphatic carbocycles. The summed E-state index contributed by atoms with van der Waals surface area (Å²) in [6, 6.07) is 0. The summed E-state index contributed by atoms with van der Waals surface area (Å²) in [4.78, 5) is 24.5. The minimum Gasteiger partial charge on any atom is -0.465 e. The number of unbranched alkanes of at least 4 members (excludes halogenated alkanes) is 1. The second-order valence-electron chi connectivity index (χ2n) is 6.16. The maximum atomic E-state index is 12.3. The first-order valence-electron chi connectivity index (χ1n) is 7.93. The van der Waals surface area contributed by atoms with Gasteiger partial charge in [-0.3, -0.25) is 9.59 Å². The normalized spacial score (nSPS) is 22.4. The monoisotopic (exact) mass is 292 g/mol. The van der Waals surface area contributed by atoms with Crippen molar-refractivity contribution < 1.29 is 14.3 Å². The van der Waals surface area contributed by atoms with Crippen LogP contribution in [0.2, 0.25) is 0 Å². The number of ketones is 1. The molecule has 0 amide bonds. The van der Waals surface area contributed by atoms with Crippen molar-refractivity contribution in [3.8, 4) is 0 Å². The lowest BCUT2D eigenvalue weighted by Crippen LogP contribution is -2.37. The van der Waals surface area contributed by atoms with Gasteiger partial charge in [-0.05, 0) is 59.3 Å². The molecule has 1 rings (SSSR count). The molecule has 0 bridgehead atoms. The summed E-state index contributed by atoms with van der Waals surface area (Å²) in [5.74, 6) is -0.280. The van der Waals surface area contributed by atoms with E-state index >= 15 is 0 Å². The number of carbonyl (C=O) groups excluding carboxylic acids is 2. The van der Waals surface area contributed by atoms with Gasteiger partial charge in [0.15, 0.2) is 5.78 Å². The predicted octanol–water partition coefficient (Wildman–Crippen LogP) is 4.37. The standard InChI is InChI=1S/C18H28O3/c1-5-21-17(20)18(12-8-11-16(18)19)13-15(4)10-7-6-9-14(2)3/h10H,2,5-9,11-13H2,1,3-4H3. The number of hydrogen-bond donors (Lipinski definition) is 0. The van der Waals surface area contributed by atoms with Gasteiger partial charge in [0.25, 0.3) is 0 Å². The first-order chi connectivity index (χ1) is 9.92. The Balaban J connectivity index is 2.69. The van der Waals surface area contributed by atoms with Gasteiger partial charge < -0.3 is 4.74 Å². The summed E-state index contributed by atoms with van der Waals surface area (Å²) in [5, 5.41) is 0. The second-order valence-corrected chi connectivity index (χ2v) is 6.16. The Morgan fingerprint density at radius 3 is 2.67 bits per heavy atom. The van der Waals surface area contributed by atoms with Crippen molar-refractivity contribution in [1.29, 1.82) is 0 Å². The molecule has 118 valence electrons. The molecule has 0 aromatic rings. The van der Waals surface area contributed by atoms with E-state index in [1.807, 2.05) is 13.8 Å². The first kappa shape index (κ1) is 17.7. The van der Waals surface area contributed by atoms with Crippen LogP contribution in [0.3, 0.4) is 0 Å². The minimum absolute atomic E-state index is 0.0515. The molecule has 0 saturated heterocycles. The van der Waals surface area contributed by atoms with Crippen molar-refractivity contribution in [1.82, 2.24) is 0 Å². The van der Waals surface area contributed by atoms with Gasteiger partial charge in [-0.25, -0.2) is 0 Å². The Morgan fingerprint density at radius 1 is 1.43 bits per heavy atom. The number of allylic oxidation sites excluding steroid dienone is 3. The second kappa shape index (κ2) is 8.16. The minimum atomic E-state index is -0.912. The van der Waals surface area contributed by atoms with Crippen LogP contribution < -0.4 is 0 Å². The average molecular weight is 292 g/mol. The molecular weight excluding hydrogens is 264 g/mol. The molecule has 3 heteroatoms. The van der Waals surface area contributed by atoms with Crippen LogP contribution in [0.25, 0.3) is 0 Å². The lowest BCUT2D eigenvalue weighted by atomic mass is 9.79. The zero-order valence-corrected chi connectivity index (χ0v) is 13.7. The molecule has 0 aromatic heterocycles. The van der Waals surface area contributed by atoms with Crippen molar-refractivity contribution in [3.63, 3.8) is 0 Å². The third kappa shape index (κ3) is 4.83. The Morgan fingerprint density at radius 2 is 2.14 bits per heavy atom. The Labute approximate surface area is 128 Å². The third-order valence-electron chi connectivity index (χ3n) is 4.09. The number of hydrogen-bond acceptors (Lipinski definition) is 3. The number of Topliss-reactive ketones (excluding diaryl/α,β-unsaturated/α-hetero) is 1. The summed E-state index contributed by atoms with van der Waals surface area (Å²) >= 11 is 0. The van der Waals surface area contributed by atoms with Crippen LogP contribution in [0, 0.1) is 5.41 Å². The molecule has 1 saturated carbocycles. The number of carbonyl (C=O) groups is 2. The number of rotatable bonds is 8. The molecular formula is C18H28O3. The number of esters is 1. The SMILES string of the molecule is C=C(C)CCCC=C(C)CC1(C(=O)OCC)CCCC1=O. The van der Waals surface area contributed by atoms with E-state index < -0.39 is 5.41 Å². The highest BCUT2D eigenvalue weighted by Crippen LogP contribution is 2.41. The smallest absolute Gasteiger partial charge is 0.319 e. The molecule has 0 N–H and O–H groups in total. The van der Waals surface area contributed by atoms with E-state index in [4.69, 9.17) is 4.74 Å². The summed E-state index contributed by atoms with van der Waals surface area (Å²) in [6.07, 6.45) is 7.63. The fourth-order valence-corrected chi connectivity index (χ4v) is 2.97. The molecule has 1 atom stereocenters. The summed E-state index contributed by atoms with van der Waals surface area (Å²) in [6.45, 7) is 10.0. The van der Waals surface area contributed by atoms with E-state index in [9.17, 15) is 9.59 Å². The summed E-state index contributed by atoms with van der Waals surface area (Å²) in [7, 11) is 0. The topological polar surface area (TPSA) is 43.4 Å². The van der Waals surface area contributed by atoms with E-state index in [0.29, 0.717) is 25.9 Å². The zero-order valence-electron chi connectivity index (χ0n) is 13.7. The molecule has 21 heavy (non-hydrogen) atoms.